The number of fused-ring (bicyclic) bond motifs is 3. The van der Waals surface area contributed by atoms with Gasteiger partial charge in [-0.15, -0.1) is 11.3 Å². The van der Waals surface area contributed by atoms with Crippen molar-refractivity contribution < 1.29 is 14.3 Å². The lowest BCUT2D eigenvalue weighted by atomic mass is 9.89. The SMILES string of the molecule is C[C@@H]1CCc2c(sc3nc(CCC(=O)O[C@H](C)C(=O)NC(C)(C)C)[nH]c(=O)c23)C1. The van der Waals surface area contributed by atoms with E-state index in [1.165, 1.54) is 4.88 Å². The highest BCUT2D eigenvalue weighted by Gasteiger charge is 2.24. The Labute approximate surface area is 174 Å². The van der Waals surface area contributed by atoms with Gasteiger partial charge in [-0.1, -0.05) is 6.92 Å². The maximum absolute atomic E-state index is 12.6. The fourth-order valence-corrected chi connectivity index (χ4v) is 4.92. The molecular weight excluding hydrogens is 390 g/mol. The number of ether oxygens (including phenoxy) is 1. The number of thiophene rings is 1. The van der Waals surface area contributed by atoms with Crippen molar-refractivity contribution in [2.45, 2.75) is 78.4 Å². The Balaban J connectivity index is 1.64. The number of carbonyl (C=O) groups is 2. The van der Waals surface area contributed by atoms with Crippen molar-refractivity contribution >= 4 is 33.4 Å². The number of amides is 1. The lowest BCUT2D eigenvalue weighted by molar-refractivity contribution is -0.155. The van der Waals surface area contributed by atoms with Gasteiger partial charge in [-0.25, -0.2) is 4.98 Å². The molecule has 0 radical (unpaired) electrons. The first-order chi connectivity index (χ1) is 13.5. The average molecular weight is 420 g/mol. The molecule has 0 aromatic carbocycles. The highest BCUT2D eigenvalue weighted by molar-refractivity contribution is 7.18. The molecule has 29 heavy (non-hydrogen) atoms. The fraction of sp³-hybridized carbons (Fsp3) is 0.619. The van der Waals surface area contributed by atoms with E-state index in [4.69, 9.17) is 4.74 Å². The van der Waals surface area contributed by atoms with E-state index in [0.717, 1.165) is 29.7 Å². The molecule has 0 saturated heterocycles. The number of aromatic nitrogens is 2. The lowest BCUT2D eigenvalue weighted by Gasteiger charge is -2.23. The van der Waals surface area contributed by atoms with Gasteiger partial charge >= 0.3 is 5.97 Å². The van der Waals surface area contributed by atoms with Crippen LogP contribution in [-0.2, 0) is 33.6 Å². The molecule has 0 unspecified atom stereocenters. The van der Waals surface area contributed by atoms with Crippen LogP contribution in [0, 0.1) is 5.92 Å². The number of H-pyrrole nitrogens is 1. The molecule has 2 atom stereocenters. The predicted molar refractivity (Wildman–Crippen MR) is 113 cm³/mol. The fourth-order valence-electron chi connectivity index (χ4n) is 3.51. The molecule has 2 N–H and O–H groups in total. The van der Waals surface area contributed by atoms with Crippen LogP contribution in [0.1, 0.15) is 63.7 Å². The zero-order valence-corrected chi connectivity index (χ0v) is 18.5. The standard InChI is InChI=1S/C21H29N3O4S/c1-11-6-7-13-14(10-11)29-20-17(13)19(27)22-15(23-20)8-9-16(25)28-12(2)18(26)24-21(3,4)5/h11-12H,6-10H2,1-5H3,(H,24,26)(H,22,23,27)/t11-,12-/m1/s1. The summed E-state index contributed by atoms with van der Waals surface area (Å²) in [4.78, 5) is 46.1. The molecule has 8 heteroatoms. The predicted octanol–water partition coefficient (Wildman–Crippen LogP) is 2.89. The zero-order valence-electron chi connectivity index (χ0n) is 17.7. The monoisotopic (exact) mass is 419 g/mol. The van der Waals surface area contributed by atoms with Crippen LogP contribution in [0.5, 0.6) is 0 Å². The minimum absolute atomic E-state index is 0.0453. The molecule has 1 amide bonds. The molecule has 0 saturated carbocycles. The minimum atomic E-state index is -0.873. The van der Waals surface area contributed by atoms with Gasteiger partial charge in [-0.05, 0) is 58.4 Å². The number of aryl methyl sites for hydroxylation is 2. The second-order valence-electron chi connectivity index (χ2n) is 8.92. The molecule has 158 valence electrons. The Bertz CT molecular complexity index is 986. The summed E-state index contributed by atoms with van der Waals surface area (Å²) in [6, 6.07) is 0. The van der Waals surface area contributed by atoms with Gasteiger partial charge in [0.15, 0.2) is 6.10 Å². The molecule has 2 heterocycles. The van der Waals surface area contributed by atoms with Gasteiger partial charge in [0.05, 0.1) is 11.8 Å². The van der Waals surface area contributed by atoms with Crippen molar-refractivity contribution in [2.24, 2.45) is 5.92 Å². The summed E-state index contributed by atoms with van der Waals surface area (Å²) in [7, 11) is 0. The lowest BCUT2D eigenvalue weighted by Crippen LogP contribution is -2.46. The van der Waals surface area contributed by atoms with Crippen molar-refractivity contribution in [1.82, 2.24) is 15.3 Å². The Morgan fingerprint density at radius 2 is 2.10 bits per heavy atom. The van der Waals surface area contributed by atoms with Crippen molar-refractivity contribution in [3.05, 3.63) is 26.6 Å². The first-order valence-electron chi connectivity index (χ1n) is 10.1. The molecule has 0 aliphatic heterocycles. The summed E-state index contributed by atoms with van der Waals surface area (Å²) >= 11 is 1.59. The van der Waals surface area contributed by atoms with Crippen LogP contribution >= 0.6 is 11.3 Å². The molecule has 0 spiro atoms. The van der Waals surface area contributed by atoms with Gasteiger partial charge in [-0.2, -0.15) is 0 Å². The van der Waals surface area contributed by atoms with Crippen molar-refractivity contribution in [3.8, 4) is 0 Å². The van der Waals surface area contributed by atoms with Gasteiger partial charge in [0, 0.05) is 16.8 Å². The Hall–Kier alpha value is -2.22. The van der Waals surface area contributed by atoms with E-state index in [1.54, 1.807) is 18.3 Å². The third-order valence-corrected chi connectivity index (χ3v) is 6.10. The highest BCUT2D eigenvalue weighted by atomic mass is 32.1. The molecule has 0 fully saturated rings. The number of nitrogens with one attached hydrogen (secondary N) is 2. The van der Waals surface area contributed by atoms with Gasteiger partial charge in [0.1, 0.15) is 10.7 Å². The number of esters is 1. The van der Waals surface area contributed by atoms with E-state index in [1.807, 2.05) is 20.8 Å². The third kappa shape index (κ3) is 5.23. The number of hydrogen-bond acceptors (Lipinski definition) is 6. The molecule has 1 aliphatic carbocycles. The molecule has 1 aliphatic rings. The summed E-state index contributed by atoms with van der Waals surface area (Å²) in [6.07, 6.45) is 2.43. The molecule has 2 aromatic heterocycles. The minimum Gasteiger partial charge on any atom is -0.453 e. The summed E-state index contributed by atoms with van der Waals surface area (Å²) < 4.78 is 5.21. The Morgan fingerprint density at radius 1 is 1.38 bits per heavy atom. The quantitative estimate of drug-likeness (QED) is 0.726. The number of nitrogens with zero attached hydrogens (tertiary/aromatic N) is 1. The molecule has 0 bridgehead atoms. The van der Waals surface area contributed by atoms with E-state index in [2.05, 4.69) is 22.2 Å². The van der Waals surface area contributed by atoms with Crippen LogP contribution < -0.4 is 10.9 Å². The van der Waals surface area contributed by atoms with Gasteiger partial charge < -0.3 is 15.0 Å². The first kappa shape index (κ1) is 21.5. The highest BCUT2D eigenvalue weighted by Crippen LogP contribution is 2.35. The van der Waals surface area contributed by atoms with Crippen LogP contribution in [0.3, 0.4) is 0 Å². The van der Waals surface area contributed by atoms with Crippen LogP contribution in [-0.4, -0.2) is 33.5 Å². The molecule has 2 aromatic rings. The first-order valence-corrected chi connectivity index (χ1v) is 10.9. The Kier molecular flexibility index (Phi) is 6.12. The smallest absolute Gasteiger partial charge is 0.307 e. The second-order valence-corrected chi connectivity index (χ2v) is 10.00. The second kappa shape index (κ2) is 8.26. The molecule has 3 rings (SSSR count). The topological polar surface area (TPSA) is 101 Å². The number of hydrogen-bond donors (Lipinski definition) is 2. The zero-order chi connectivity index (χ0) is 21.3. The summed E-state index contributed by atoms with van der Waals surface area (Å²) in [6.45, 7) is 9.36. The van der Waals surface area contributed by atoms with E-state index in [9.17, 15) is 14.4 Å². The number of rotatable bonds is 5. The molecule has 7 nitrogen and oxygen atoms in total. The summed E-state index contributed by atoms with van der Waals surface area (Å²) in [5.74, 6) is 0.264. The third-order valence-electron chi connectivity index (χ3n) is 4.96. The Morgan fingerprint density at radius 3 is 2.79 bits per heavy atom. The van der Waals surface area contributed by atoms with Crippen molar-refractivity contribution in [3.63, 3.8) is 0 Å². The summed E-state index contributed by atoms with van der Waals surface area (Å²) in [5.41, 5.74) is 0.610. The maximum atomic E-state index is 12.6. The van der Waals surface area contributed by atoms with Gasteiger partial charge in [-0.3, -0.25) is 14.4 Å². The maximum Gasteiger partial charge on any atom is 0.307 e. The van der Waals surface area contributed by atoms with Gasteiger partial charge in [0.25, 0.3) is 11.5 Å². The van der Waals surface area contributed by atoms with Crippen LogP contribution in [0.2, 0.25) is 0 Å². The van der Waals surface area contributed by atoms with Crippen LogP contribution in [0.4, 0.5) is 0 Å². The van der Waals surface area contributed by atoms with E-state index < -0.39 is 17.6 Å². The van der Waals surface area contributed by atoms with Crippen molar-refractivity contribution in [2.75, 3.05) is 0 Å². The number of carbonyl (C=O) groups excluding carboxylic acids is 2. The van der Waals surface area contributed by atoms with Crippen LogP contribution in [0.25, 0.3) is 10.2 Å². The number of aromatic amines is 1. The van der Waals surface area contributed by atoms with E-state index >= 15 is 0 Å². The normalized spacial score (nSPS) is 17.6. The van der Waals surface area contributed by atoms with E-state index in [-0.39, 0.29) is 24.3 Å². The average Bonchev–Trinajstić information content (AvgIpc) is 2.96. The van der Waals surface area contributed by atoms with Crippen molar-refractivity contribution in [1.29, 1.82) is 0 Å². The largest absolute Gasteiger partial charge is 0.453 e. The van der Waals surface area contributed by atoms with Crippen LogP contribution in [0.15, 0.2) is 4.79 Å². The van der Waals surface area contributed by atoms with E-state index in [0.29, 0.717) is 17.1 Å². The van der Waals surface area contributed by atoms with Gasteiger partial charge in [0.2, 0.25) is 0 Å². The summed E-state index contributed by atoms with van der Waals surface area (Å²) in [5, 5.41) is 3.48. The molecular formula is C21H29N3O4S.